The van der Waals surface area contributed by atoms with Crippen molar-refractivity contribution in [3.63, 3.8) is 0 Å². The van der Waals surface area contributed by atoms with Crippen LogP contribution in [0.3, 0.4) is 0 Å². The fourth-order valence-electron chi connectivity index (χ4n) is 2.15. The van der Waals surface area contributed by atoms with Gasteiger partial charge in [-0.15, -0.1) is 11.3 Å². The topological polar surface area (TPSA) is 71.2 Å². The van der Waals surface area contributed by atoms with Gasteiger partial charge in [-0.05, 0) is 19.9 Å². The third kappa shape index (κ3) is 2.34. The van der Waals surface area contributed by atoms with E-state index in [1.165, 1.54) is 11.3 Å². The summed E-state index contributed by atoms with van der Waals surface area (Å²) in [5, 5.41) is 5.99. The minimum absolute atomic E-state index is 0.325. The Morgan fingerprint density at radius 2 is 2.41 bits per heavy atom. The monoisotopic (exact) mass is 254 g/mol. The van der Waals surface area contributed by atoms with E-state index >= 15 is 0 Å². The highest BCUT2D eigenvalue weighted by Gasteiger charge is 2.41. The number of carbonyl (C=O) groups is 1. The van der Waals surface area contributed by atoms with Gasteiger partial charge in [-0.1, -0.05) is 0 Å². The molecule has 1 aromatic rings. The maximum atomic E-state index is 11.9. The lowest BCUT2D eigenvalue weighted by Crippen LogP contribution is -2.54. The van der Waals surface area contributed by atoms with Crippen LogP contribution in [-0.4, -0.2) is 42.0 Å². The van der Waals surface area contributed by atoms with Gasteiger partial charge in [0.15, 0.2) is 0 Å². The van der Waals surface area contributed by atoms with Crippen LogP contribution < -0.4 is 11.1 Å². The third-order valence-electron chi connectivity index (χ3n) is 3.30. The Morgan fingerprint density at radius 3 is 3.06 bits per heavy atom. The predicted molar refractivity (Wildman–Crippen MR) is 67.7 cm³/mol. The number of aromatic nitrogens is 1. The zero-order valence-corrected chi connectivity index (χ0v) is 10.8. The number of thiazole rings is 1. The average Bonchev–Trinajstić information content (AvgIpc) is 2.70. The summed E-state index contributed by atoms with van der Waals surface area (Å²) < 4.78 is 0. The summed E-state index contributed by atoms with van der Waals surface area (Å²) in [4.78, 5) is 18.3. The minimum Gasteiger partial charge on any atom is -0.368 e. The summed E-state index contributed by atoms with van der Waals surface area (Å²) in [6.45, 7) is 5.43. The fourth-order valence-corrected chi connectivity index (χ4v) is 2.98. The molecule has 6 heteroatoms. The van der Waals surface area contributed by atoms with E-state index in [9.17, 15) is 4.79 Å². The fraction of sp³-hybridized carbons (Fsp3) is 0.636. The second kappa shape index (κ2) is 5.12. The van der Waals surface area contributed by atoms with Gasteiger partial charge in [0.2, 0.25) is 5.91 Å². The number of nitrogens with one attached hydrogen (secondary N) is 1. The van der Waals surface area contributed by atoms with Crippen molar-refractivity contribution in [1.29, 1.82) is 0 Å². The van der Waals surface area contributed by atoms with Crippen molar-refractivity contribution in [2.45, 2.75) is 18.9 Å². The van der Waals surface area contributed by atoms with E-state index < -0.39 is 5.54 Å². The zero-order valence-electron chi connectivity index (χ0n) is 9.98. The van der Waals surface area contributed by atoms with Gasteiger partial charge in [0.05, 0.1) is 0 Å². The van der Waals surface area contributed by atoms with E-state index in [1.807, 2.05) is 12.3 Å². The van der Waals surface area contributed by atoms with E-state index in [2.05, 4.69) is 15.2 Å². The van der Waals surface area contributed by atoms with E-state index in [4.69, 9.17) is 5.73 Å². The summed E-state index contributed by atoms with van der Waals surface area (Å²) in [6, 6.07) is 0. The number of hydrogen-bond acceptors (Lipinski definition) is 5. The second-order valence-electron chi connectivity index (χ2n) is 4.36. The molecule has 94 valence electrons. The van der Waals surface area contributed by atoms with Crippen LogP contribution in [0.1, 0.15) is 18.4 Å². The van der Waals surface area contributed by atoms with Gasteiger partial charge in [-0.2, -0.15) is 0 Å². The number of carbonyl (C=O) groups excluding carboxylic acids is 1. The standard InChI is InChI=1S/C11H18N4OS/c1-11(9(12)16,10-14-5-8-17-10)15-6-2-3-13-4-7-15/h5,8,13H,2-4,6-7H2,1H3,(H2,12,16). The van der Waals surface area contributed by atoms with E-state index in [-0.39, 0.29) is 5.91 Å². The Balaban J connectivity index is 2.30. The van der Waals surface area contributed by atoms with Crippen LogP contribution in [-0.2, 0) is 10.3 Å². The quantitative estimate of drug-likeness (QED) is 0.805. The first-order valence-corrected chi connectivity index (χ1v) is 6.69. The van der Waals surface area contributed by atoms with Gasteiger partial charge in [0.25, 0.3) is 0 Å². The number of primary amides is 1. The molecule has 0 bridgehead atoms. The second-order valence-corrected chi connectivity index (χ2v) is 5.26. The van der Waals surface area contributed by atoms with Gasteiger partial charge in [-0.25, -0.2) is 4.98 Å². The Hall–Kier alpha value is -0.980. The van der Waals surface area contributed by atoms with Gasteiger partial charge in [0.1, 0.15) is 10.5 Å². The summed E-state index contributed by atoms with van der Waals surface area (Å²) >= 11 is 1.48. The van der Waals surface area contributed by atoms with Crippen molar-refractivity contribution in [3.05, 3.63) is 16.6 Å². The van der Waals surface area contributed by atoms with Crippen LogP contribution in [0.25, 0.3) is 0 Å². The summed E-state index contributed by atoms with van der Waals surface area (Å²) in [5.74, 6) is -0.325. The molecule has 5 nitrogen and oxygen atoms in total. The predicted octanol–water partition coefficient (Wildman–Crippen LogP) is 0.139. The maximum absolute atomic E-state index is 11.9. The lowest BCUT2D eigenvalue weighted by Gasteiger charge is -2.36. The van der Waals surface area contributed by atoms with Crippen LogP contribution in [0.2, 0.25) is 0 Å². The Bertz CT molecular complexity index is 373. The van der Waals surface area contributed by atoms with Crippen LogP contribution >= 0.6 is 11.3 Å². The number of amides is 1. The van der Waals surface area contributed by atoms with Crippen molar-refractivity contribution in [1.82, 2.24) is 15.2 Å². The van der Waals surface area contributed by atoms with Crippen molar-refractivity contribution < 1.29 is 4.79 Å². The molecule has 1 unspecified atom stereocenters. The third-order valence-corrected chi connectivity index (χ3v) is 4.29. The number of hydrogen-bond donors (Lipinski definition) is 2. The number of nitrogens with zero attached hydrogens (tertiary/aromatic N) is 2. The number of rotatable bonds is 3. The number of nitrogens with two attached hydrogens (primary N) is 1. The van der Waals surface area contributed by atoms with E-state index in [0.29, 0.717) is 0 Å². The summed E-state index contributed by atoms with van der Waals surface area (Å²) in [5.41, 5.74) is 4.83. The van der Waals surface area contributed by atoms with Gasteiger partial charge in [0, 0.05) is 31.2 Å². The highest BCUT2D eigenvalue weighted by atomic mass is 32.1. The van der Waals surface area contributed by atoms with Crippen molar-refractivity contribution in [3.8, 4) is 0 Å². The Kier molecular flexibility index (Phi) is 3.76. The van der Waals surface area contributed by atoms with Crippen molar-refractivity contribution in [2.24, 2.45) is 5.73 Å². The van der Waals surface area contributed by atoms with Gasteiger partial charge in [-0.3, -0.25) is 9.69 Å². The molecule has 1 atom stereocenters. The average molecular weight is 254 g/mol. The molecule has 0 spiro atoms. The van der Waals surface area contributed by atoms with Crippen molar-refractivity contribution >= 4 is 17.2 Å². The molecule has 1 fully saturated rings. The molecule has 1 amide bonds. The first-order valence-electron chi connectivity index (χ1n) is 5.81. The molecule has 1 aliphatic heterocycles. The first kappa shape index (κ1) is 12.5. The molecular weight excluding hydrogens is 236 g/mol. The van der Waals surface area contributed by atoms with Crippen LogP contribution in [0, 0.1) is 0 Å². The van der Waals surface area contributed by atoms with Gasteiger partial charge >= 0.3 is 0 Å². The smallest absolute Gasteiger partial charge is 0.244 e. The highest BCUT2D eigenvalue weighted by Crippen LogP contribution is 2.30. The first-order chi connectivity index (χ1) is 8.15. The molecule has 0 saturated carbocycles. The molecular formula is C11H18N4OS. The largest absolute Gasteiger partial charge is 0.368 e. The Labute approximate surface area is 105 Å². The Morgan fingerprint density at radius 1 is 1.59 bits per heavy atom. The normalized spacial score (nSPS) is 21.7. The molecule has 2 heterocycles. The zero-order chi connectivity index (χ0) is 12.3. The molecule has 3 N–H and O–H groups in total. The molecule has 1 aliphatic rings. The van der Waals surface area contributed by atoms with E-state index in [1.54, 1.807) is 6.20 Å². The van der Waals surface area contributed by atoms with Crippen LogP contribution in [0.15, 0.2) is 11.6 Å². The van der Waals surface area contributed by atoms with Gasteiger partial charge < -0.3 is 11.1 Å². The summed E-state index contributed by atoms with van der Waals surface area (Å²) in [7, 11) is 0. The molecule has 1 saturated heterocycles. The van der Waals surface area contributed by atoms with Crippen molar-refractivity contribution in [2.75, 3.05) is 26.2 Å². The maximum Gasteiger partial charge on any atom is 0.244 e. The molecule has 0 radical (unpaired) electrons. The molecule has 1 aromatic heterocycles. The molecule has 0 aliphatic carbocycles. The molecule has 0 aromatic carbocycles. The van der Waals surface area contributed by atoms with Crippen LogP contribution in [0.5, 0.6) is 0 Å². The SMILES string of the molecule is CC(C(N)=O)(c1nccs1)N1CCCNCC1. The lowest BCUT2D eigenvalue weighted by molar-refractivity contribution is -0.129. The highest BCUT2D eigenvalue weighted by molar-refractivity contribution is 7.09. The molecule has 17 heavy (non-hydrogen) atoms. The van der Waals surface area contributed by atoms with E-state index in [0.717, 1.165) is 37.6 Å². The van der Waals surface area contributed by atoms with Crippen LogP contribution in [0.4, 0.5) is 0 Å². The molecule has 2 rings (SSSR count). The summed E-state index contributed by atoms with van der Waals surface area (Å²) in [6.07, 6.45) is 2.74. The minimum atomic E-state index is -0.778. The lowest BCUT2D eigenvalue weighted by atomic mass is 9.99.